The van der Waals surface area contributed by atoms with Gasteiger partial charge in [0.05, 0.1) is 5.70 Å². The Bertz CT molecular complexity index is 795. The number of fused-ring (bicyclic) bond motifs is 1. The van der Waals surface area contributed by atoms with Gasteiger partial charge in [0.2, 0.25) is 5.91 Å². The number of ether oxygens (including phenoxy) is 1. The number of aryl methyl sites for hydroxylation is 3. The molecule has 1 aliphatic rings. The molecule has 0 bridgehead atoms. The van der Waals surface area contributed by atoms with Crippen molar-refractivity contribution in [3.8, 4) is 5.75 Å². The van der Waals surface area contributed by atoms with E-state index in [1.807, 2.05) is 24.3 Å². The maximum absolute atomic E-state index is 11.7. The molecule has 3 nitrogen and oxygen atoms in total. The summed E-state index contributed by atoms with van der Waals surface area (Å²) < 4.78 is 5.93. The van der Waals surface area contributed by atoms with Gasteiger partial charge in [-0.15, -0.1) is 0 Å². The molecule has 0 spiro atoms. The average molecular weight is 307 g/mol. The molecule has 2 aromatic rings. The zero-order valence-corrected chi connectivity index (χ0v) is 14.0. The van der Waals surface area contributed by atoms with Crippen molar-refractivity contribution in [3.05, 3.63) is 64.2 Å². The van der Waals surface area contributed by atoms with E-state index in [1.165, 1.54) is 23.6 Å². The van der Waals surface area contributed by atoms with Crippen LogP contribution in [0.15, 0.2) is 36.4 Å². The van der Waals surface area contributed by atoms with Gasteiger partial charge in [-0.05, 0) is 49.6 Å². The summed E-state index contributed by atoms with van der Waals surface area (Å²) in [5.74, 6) is 0.735. The van der Waals surface area contributed by atoms with Crippen molar-refractivity contribution in [2.45, 2.75) is 27.7 Å². The second-order valence-corrected chi connectivity index (χ2v) is 6.09. The van der Waals surface area contributed by atoms with E-state index < -0.39 is 0 Å². The standard InChI is InChI=1S/C20H21NO2/c1-12-9-13(2)19(14(3)10-12)17-11-23-18-8-6-5-7-16(18)20(17)21-15(4)22/h5-10H,11H2,1-4H3,(H,21,22). The molecule has 0 aromatic heterocycles. The molecule has 0 atom stereocenters. The Morgan fingerprint density at radius 3 is 2.39 bits per heavy atom. The number of benzene rings is 2. The van der Waals surface area contributed by atoms with Crippen LogP contribution in [0.2, 0.25) is 0 Å². The first-order valence-electron chi connectivity index (χ1n) is 7.78. The summed E-state index contributed by atoms with van der Waals surface area (Å²) in [6.45, 7) is 8.30. The van der Waals surface area contributed by atoms with Gasteiger partial charge < -0.3 is 10.1 Å². The highest BCUT2D eigenvalue weighted by atomic mass is 16.5. The lowest BCUT2D eigenvalue weighted by Crippen LogP contribution is -2.24. The molecule has 1 aliphatic heterocycles. The molecule has 118 valence electrons. The predicted molar refractivity (Wildman–Crippen MR) is 93.2 cm³/mol. The average Bonchev–Trinajstić information content (AvgIpc) is 2.47. The van der Waals surface area contributed by atoms with E-state index in [-0.39, 0.29) is 5.91 Å². The van der Waals surface area contributed by atoms with Gasteiger partial charge in [0.25, 0.3) is 0 Å². The third kappa shape index (κ3) is 2.87. The normalized spacial score (nSPS) is 13.4. The minimum Gasteiger partial charge on any atom is -0.488 e. The van der Waals surface area contributed by atoms with Gasteiger partial charge in [0.15, 0.2) is 0 Å². The lowest BCUT2D eigenvalue weighted by Gasteiger charge is -2.26. The summed E-state index contributed by atoms with van der Waals surface area (Å²) in [5, 5.41) is 3.02. The molecule has 0 saturated carbocycles. The molecular formula is C20H21NO2. The van der Waals surface area contributed by atoms with E-state index in [2.05, 4.69) is 38.2 Å². The summed E-state index contributed by atoms with van der Waals surface area (Å²) in [7, 11) is 0. The van der Waals surface area contributed by atoms with Crippen LogP contribution in [0.5, 0.6) is 5.75 Å². The molecule has 1 amide bonds. The fraction of sp³-hybridized carbons (Fsp3) is 0.250. The first-order chi connectivity index (χ1) is 11.0. The number of amides is 1. The van der Waals surface area contributed by atoms with Crippen molar-refractivity contribution in [2.75, 3.05) is 6.61 Å². The van der Waals surface area contributed by atoms with E-state index in [4.69, 9.17) is 4.74 Å². The summed E-state index contributed by atoms with van der Waals surface area (Å²) >= 11 is 0. The van der Waals surface area contributed by atoms with Crippen LogP contribution >= 0.6 is 0 Å². The van der Waals surface area contributed by atoms with Gasteiger partial charge in [-0.25, -0.2) is 0 Å². The van der Waals surface area contributed by atoms with Crippen LogP contribution in [0.25, 0.3) is 11.3 Å². The van der Waals surface area contributed by atoms with Crippen LogP contribution in [0, 0.1) is 20.8 Å². The maximum Gasteiger partial charge on any atom is 0.221 e. The Kier molecular flexibility index (Phi) is 3.95. The van der Waals surface area contributed by atoms with Crippen LogP contribution in [0.4, 0.5) is 0 Å². The number of hydrogen-bond acceptors (Lipinski definition) is 2. The maximum atomic E-state index is 11.7. The molecule has 0 unspecified atom stereocenters. The van der Waals surface area contributed by atoms with Crippen LogP contribution in [0.1, 0.15) is 34.7 Å². The van der Waals surface area contributed by atoms with Crippen molar-refractivity contribution in [1.29, 1.82) is 0 Å². The Morgan fingerprint density at radius 1 is 1.09 bits per heavy atom. The Hall–Kier alpha value is -2.55. The van der Waals surface area contributed by atoms with Gasteiger partial charge in [-0.3, -0.25) is 4.79 Å². The summed E-state index contributed by atoms with van der Waals surface area (Å²) in [5.41, 5.74) is 7.62. The molecule has 0 radical (unpaired) electrons. The highest BCUT2D eigenvalue weighted by Gasteiger charge is 2.24. The van der Waals surface area contributed by atoms with Gasteiger partial charge in [0, 0.05) is 18.1 Å². The molecule has 1 heterocycles. The lowest BCUT2D eigenvalue weighted by atomic mass is 9.90. The van der Waals surface area contributed by atoms with Crippen LogP contribution in [-0.2, 0) is 4.79 Å². The number of para-hydroxylation sites is 1. The number of nitrogens with one attached hydrogen (secondary N) is 1. The topological polar surface area (TPSA) is 38.3 Å². The van der Waals surface area contributed by atoms with Crippen molar-refractivity contribution < 1.29 is 9.53 Å². The van der Waals surface area contributed by atoms with E-state index in [0.29, 0.717) is 6.61 Å². The Labute approximate surface area is 137 Å². The van der Waals surface area contributed by atoms with Crippen LogP contribution in [0.3, 0.4) is 0 Å². The third-order valence-corrected chi connectivity index (χ3v) is 4.11. The van der Waals surface area contributed by atoms with Crippen molar-refractivity contribution >= 4 is 17.2 Å². The molecule has 3 rings (SSSR count). The minimum absolute atomic E-state index is 0.0726. The summed E-state index contributed by atoms with van der Waals surface area (Å²) in [6, 6.07) is 12.2. The SMILES string of the molecule is CC(=O)NC1=C(c2c(C)cc(C)cc2C)COc2ccccc21. The second-order valence-electron chi connectivity index (χ2n) is 6.09. The van der Waals surface area contributed by atoms with Gasteiger partial charge in [-0.2, -0.15) is 0 Å². The number of carbonyl (C=O) groups excluding carboxylic acids is 1. The van der Waals surface area contributed by atoms with E-state index in [0.717, 1.165) is 28.1 Å². The monoisotopic (exact) mass is 307 g/mol. The van der Waals surface area contributed by atoms with Gasteiger partial charge >= 0.3 is 0 Å². The molecule has 0 saturated heterocycles. The zero-order chi connectivity index (χ0) is 16.6. The fourth-order valence-electron chi connectivity index (χ4n) is 3.36. The van der Waals surface area contributed by atoms with E-state index >= 15 is 0 Å². The molecule has 0 fully saturated rings. The molecule has 3 heteroatoms. The molecule has 0 aliphatic carbocycles. The van der Waals surface area contributed by atoms with Gasteiger partial charge in [0.1, 0.15) is 12.4 Å². The lowest BCUT2D eigenvalue weighted by molar-refractivity contribution is -0.117. The second kappa shape index (κ2) is 5.92. The minimum atomic E-state index is -0.0726. The number of rotatable bonds is 2. The van der Waals surface area contributed by atoms with E-state index in [9.17, 15) is 4.79 Å². The smallest absolute Gasteiger partial charge is 0.221 e. The van der Waals surface area contributed by atoms with Crippen molar-refractivity contribution in [2.24, 2.45) is 0 Å². The first-order valence-corrected chi connectivity index (χ1v) is 7.78. The predicted octanol–water partition coefficient (Wildman–Crippen LogP) is 4.01. The first kappa shape index (κ1) is 15.3. The Morgan fingerprint density at radius 2 is 1.74 bits per heavy atom. The van der Waals surface area contributed by atoms with Crippen LogP contribution in [-0.4, -0.2) is 12.5 Å². The van der Waals surface area contributed by atoms with Gasteiger partial charge in [-0.1, -0.05) is 29.8 Å². The Balaban J connectivity index is 2.26. The quantitative estimate of drug-likeness (QED) is 0.910. The largest absolute Gasteiger partial charge is 0.488 e. The van der Waals surface area contributed by atoms with Crippen LogP contribution < -0.4 is 10.1 Å². The molecule has 1 N–H and O–H groups in total. The number of hydrogen-bond donors (Lipinski definition) is 1. The summed E-state index contributed by atoms with van der Waals surface area (Å²) in [6.07, 6.45) is 0. The summed E-state index contributed by atoms with van der Waals surface area (Å²) in [4.78, 5) is 11.7. The molecule has 23 heavy (non-hydrogen) atoms. The highest BCUT2D eigenvalue weighted by molar-refractivity contribution is 6.00. The molecular weight excluding hydrogens is 286 g/mol. The van der Waals surface area contributed by atoms with Crippen molar-refractivity contribution in [1.82, 2.24) is 5.32 Å². The highest BCUT2D eigenvalue weighted by Crippen LogP contribution is 2.37. The zero-order valence-electron chi connectivity index (χ0n) is 14.0. The van der Waals surface area contributed by atoms with Crippen molar-refractivity contribution in [3.63, 3.8) is 0 Å². The van der Waals surface area contributed by atoms with E-state index in [1.54, 1.807) is 0 Å². The number of carbonyl (C=O) groups is 1. The fourth-order valence-corrected chi connectivity index (χ4v) is 3.36. The molecule has 2 aromatic carbocycles. The third-order valence-electron chi connectivity index (χ3n) is 4.11.